The summed E-state index contributed by atoms with van der Waals surface area (Å²) in [4.78, 5) is 15.1. The molecule has 30 heavy (non-hydrogen) atoms. The van der Waals surface area contributed by atoms with Crippen molar-refractivity contribution < 1.29 is 14.3 Å². The fourth-order valence-electron chi connectivity index (χ4n) is 3.87. The van der Waals surface area contributed by atoms with E-state index in [1.807, 2.05) is 77.7 Å². The number of rotatable bonds is 6. The molecule has 0 aliphatic carbocycles. The van der Waals surface area contributed by atoms with E-state index in [0.717, 1.165) is 42.0 Å². The van der Waals surface area contributed by atoms with Crippen molar-refractivity contribution in [2.24, 2.45) is 0 Å². The summed E-state index contributed by atoms with van der Waals surface area (Å²) in [5, 5.41) is 0.712. The van der Waals surface area contributed by atoms with Crippen LogP contribution in [0, 0.1) is 0 Å². The Bertz CT molecular complexity index is 1020. The van der Waals surface area contributed by atoms with Gasteiger partial charge in [0, 0.05) is 17.1 Å². The maximum Gasteiger partial charge on any atom is 0.254 e. The summed E-state index contributed by atoms with van der Waals surface area (Å²) in [7, 11) is 1.65. The monoisotopic (exact) mass is 421 g/mol. The van der Waals surface area contributed by atoms with Crippen molar-refractivity contribution in [3.05, 3.63) is 94.5 Å². The van der Waals surface area contributed by atoms with Gasteiger partial charge in [-0.25, -0.2) is 0 Å². The van der Waals surface area contributed by atoms with Crippen molar-refractivity contribution in [3.8, 4) is 11.5 Å². The molecular weight excluding hydrogens is 398 g/mol. The number of amides is 1. The van der Waals surface area contributed by atoms with Gasteiger partial charge in [-0.15, -0.1) is 0 Å². The van der Waals surface area contributed by atoms with E-state index >= 15 is 0 Å². The van der Waals surface area contributed by atoms with Gasteiger partial charge in [0.1, 0.15) is 18.1 Å². The molecule has 0 spiro atoms. The van der Waals surface area contributed by atoms with Gasteiger partial charge in [-0.1, -0.05) is 41.9 Å². The molecule has 0 N–H and O–H groups in total. The third-order valence-corrected chi connectivity index (χ3v) is 5.76. The van der Waals surface area contributed by atoms with Gasteiger partial charge < -0.3 is 14.4 Å². The molecule has 1 fully saturated rings. The molecule has 3 aromatic carbocycles. The predicted octanol–water partition coefficient (Wildman–Crippen LogP) is 5.90. The second-order valence-corrected chi connectivity index (χ2v) is 7.75. The van der Waals surface area contributed by atoms with Crippen LogP contribution in [0.4, 0.5) is 0 Å². The first-order valence-electron chi connectivity index (χ1n) is 10.1. The van der Waals surface area contributed by atoms with Crippen LogP contribution in [0.25, 0.3) is 0 Å². The standard InChI is InChI=1S/C25H24ClNO3/c1-29-21-7-4-6-18(16-21)17-30-20-13-11-19(12-14-20)25(28)27-15-5-10-24(27)22-8-2-3-9-23(22)26/h2-4,6-9,11-14,16,24H,5,10,15,17H2,1H3/t24-/m1/s1. The number of likely N-dealkylation sites (tertiary alicyclic amines) is 1. The van der Waals surface area contributed by atoms with Gasteiger partial charge in [-0.2, -0.15) is 0 Å². The number of nitrogens with zero attached hydrogens (tertiary/aromatic N) is 1. The Morgan fingerprint density at radius 1 is 1.03 bits per heavy atom. The highest BCUT2D eigenvalue weighted by Gasteiger charge is 2.31. The average Bonchev–Trinajstić information content (AvgIpc) is 3.27. The van der Waals surface area contributed by atoms with Crippen LogP contribution in [0.15, 0.2) is 72.8 Å². The summed E-state index contributed by atoms with van der Waals surface area (Å²) in [6.07, 6.45) is 1.90. The summed E-state index contributed by atoms with van der Waals surface area (Å²) < 4.78 is 11.1. The van der Waals surface area contributed by atoms with Gasteiger partial charge in [0.25, 0.3) is 5.91 Å². The van der Waals surface area contributed by atoms with E-state index in [0.29, 0.717) is 17.2 Å². The van der Waals surface area contributed by atoms with Crippen molar-refractivity contribution >= 4 is 17.5 Å². The van der Waals surface area contributed by atoms with Crippen molar-refractivity contribution in [2.45, 2.75) is 25.5 Å². The van der Waals surface area contributed by atoms with Crippen LogP contribution in [0.3, 0.4) is 0 Å². The Labute approximate surface area is 182 Å². The first-order valence-corrected chi connectivity index (χ1v) is 10.4. The summed E-state index contributed by atoms with van der Waals surface area (Å²) in [6.45, 7) is 1.17. The molecule has 0 saturated carbocycles. The van der Waals surface area contributed by atoms with Gasteiger partial charge in [-0.3, -0.25) is 4.79 Å². The van der Waals surface area contributed by atoms with Gasteiger partial charge in [0.2, 0.25) is 0 Å². The molecule has 1 heterocycles. The van der Waals surface area contributed by atoms with E-state index in [9.17, 15) is 4.79 Å². The van der Waals surface area contributed by atoms with Gasteiger partial charge in [0.05, 0.1) is 13.2 Å². The molecule has 1 amide bonds. The number of halogens is 1. The summed E-state index contributed by atoms with van der Waals surface area (Å²) in [5.41, 5.74) is 2.69. The maximum atomic E-state index is 13.1. The highest BCUT2D eigenvalue weighted by atomic mass is 35.5. The van der Waals surface area contributed by atoms with Crippen molar-refractivity contribution in [1.29, 1.82) is 0 Å². The lowest BCUT2D eigenvalue weighted by Gasteiger charge is -2.26. The second kappa shape index (κ2) is 9.23. The van der Waals surface area contributed by atoms with Crippen LogP contribution in [0.2, 0.25) is 5.02 Å². The van der Waals surface area contributed by atoms with E-state index < -0.39 is 0 Å². The van der Waals surface area contributed by atoms with Crippen LogP contribution < -0.4 is 9.47 Å². The summed E-state index contributed by atoms with van der Waals surface area (Å²) in [5.74, 6) is 1.55. The van der Waals surface area contributed by atoms with Crippen molar-refractivity contribution in [3.63, 3.8) is 0 Å². The number of carbonyl (C=O) groups is 1. The molecule has 0 unspecified atom stereocenters. The quantitative estimate of drug-likeness (QED) is 0.497. The molecule has 3 aromatic rings. The molecule has 1 saturated heterocycles. The molecule has 1 aliphatic rings. The molecule has 4 rings (SSSR count). The Balaban J connectivity index is 1.43. The molecule has 1 atom stereocenters. The first kappa shape index (κ1) is 20.3. The van der Waals surface area contributed by atoms with Gasteiger partial charge in [0.15, 0.2) is 0 Å². The van der Waals surface area contributed by atoms with E-state index in [1.165, 1.54) is 0 Å². The van der Waals surface area contributed by atoms with Crippen LogP contribution in [-0.2, 0) is 6.61 Å². The highest BCUT2D eigenvalue weighted by molar-refractivity contribution is 6.31. The third kappa shape index (κ3) is 4.44. The lowest BCUT2D eigenvalue weighted by atomic mass is 10.0. The van der Waals surface area contributed by atoms with Crippen LogP contribution in [-0.4, -0.2) is 24.5 Å². The Hall–Kier alpha value is -2.98. The molecule has 5 heteroatoms. The lowest BCUT2D eigenvalue weighted by Crippen LogP contribution is -2.30. The van der Waals surface area contributed by atoms with E-state index in [-0.39, 0.29) is 11.9 Å². The SMILES string of the molecule is COc1cccc(COc2ccc(C(=O)N3CCC[C@@H]3c3ccccc3Cl)cc2)c1. The minimum Gasteiger partial charge on any atom is -0.497 e. The van der Waals surface area contributed by atoms with Crippen LogP contribution in [0.5, 0.6) is 11.5 Å². The molecule has 0 bridgehead atoms. The summed E-state index contributed by atoms with van der Waals surface area (Å²) >= 11 is 6.38. The van der Waals surface area contributed by atoms with E-state index in [4.69, 9.17) is 21.1 Å². The number of hydrogen-bond donors (Lipinski definition) is 0. The highest BCUT2D eigenvalue weighted by Crippen LogP contribution is 2.36. The van der Waals surface area contributed by atoms with Crippen LogP contribution >= 0.6 is 11.6 Å². The van der Waals surface area contributed by atoms with Crippen LogP contribution in [0.1, 0.15) is 40.4 Å². The lowest BCUT2D eigenvalue weighted by molar-refractivity contribution is 0.0735. The molecule has 1 aliphatic heterocycles. The topological polar surface area (TPSA) is 38.8 Å². The fraction of sp³-hybridized carbons (Fsp3) is 0.240. The zero-order chi connectivity index (χ0) is 20.9. The minimum atomic E-state index is 0.0233. The third-order valence-electron chi connectivity index (χ3n) is 5.42. The van der Waals surface area contributed by atoms with E-state index in [2.05, 4.69) is 0 Å². The average molecular weight is 422 g/mol. The second-order valence-electron chi connectivity index (χ2n) is 7.34. The number of ether oxygens (including phenoxy) is 2. The minimum absolute atomic E-state index is 0.0233. The predicted molar refractivity (Wildman–Crippen MR) is 118 cm³/mol. The number of methoxy groups -OCH3 is 1. The van der Waals surface area contributed by atoms with Crippen molar-refractivity contribution in [2.75, 3.05) is 13.7 Å². The smallest absolute Gasteiger partial charge is 0.254 e. The van der Waals surface area contributed by atoms with E-state index in [1.54, 1.807) is 7.11 Å². The number of hydrogen-bond acceptors (Lipinski definition) is 3. The largest absolute Gasteiger partial charge is 0.497 e. The van der Waals surface area contributed by atoms with Gasteiger partial charge in [-0.05, 0) is 66.4 Å². The normalized spacial score (nSPS) is 15.8. The molecule has 154 valence electrons. The molecule has 4 nitrogen and oxygen atoms in total. The van der Waals surface area contributed by atoms with Crippen molar-refractivity contribution in [1.82, 2.24) is 4.90 Å². The Morgan fingerprint density at radius 3 is 2.60 bits per heavy atom. The Morgan fingerprint density at radius 2 is 1.83 bits per heavy atom. The molecule has 0 aromatic heterocycles. The molecular formula is C25H24ClNO3. The first-order chi connectivity index (χ1) is 14.7. The molecule has 0 radical (unpaired) electrons. The number of benzene rings is 3. The summed E-state index contributed by atoms with van der Waals surface area (Å²) in [6, 6.07) is 22.9. The Kier molecular flexibility index (Phi) is 6.24. The number of carbonyl (C=O) groups excluding carboxylic acids is 1. The fourth-order valence-corrected chi connectivity index (χ4v) is 4.13. The maximum absolute atomic E-state index is 13.1. The zero-order valence-corrected chi connectivity index (χ0v) is 17.6. The van der Waals surface area contributed by atoms with Gasteiger partial charge >= 0.3 is 0 Å². The zero-order valence-electron chi connectivity index (χ0n) is 16.9.